The fourth-order valence-corrected chi connectivity index (χ4v) is 4.56. The number of aliphatic imine (C=N–C) groups is 1. The highest BCUT2D eigenvalue weighted by Crippen LogP contribution is 2.30. The van der Waals surface area contributed by atoms with Crippen LogP contribution in [0, 0.1) is 18.3 Å². The molecule has 2 aliphatic rings. The van der Waals surface area contributed by atoms with E-state index in [9.17, 15) is 4.79 Å². The normalized spacial score (nSPS) is 16.6. The Balaban J connectivity index is 1.40. The van der Waals surface area contributed by atoms with Gasteiger partial charge in [-0.3, -0.25) is 10.2 Å². The molecule has 176 valence electrons. The van der Waals surface area contributed by atoms with Crippen molar-refractivity contribution in [2.45, 2.75) is 27.2 Å². The monoisotopic (exact) mass is 496 g/mol. The quantitative estimate of drug-likeness (QED) is 0.370. The lowest BCUT2D eigenvalue weighted by Crippen LogP contribution is -2.35. The third-order valence-corrected chi connectivity index (χ3v) is 6.35. The topological polar surface area (TPSA) is 87.3 Å². The van der Waals surface area contributed by atoms with Crippen molar-refractivity contribution in [2.75, 3.05) is 13.2 Å². The number of ether oxygens (including phenoxy) is 2. The number of benzene rings is 2. The highest BCUT2D eigenvalue weighted by atomic mass is 35.5. The van der Waals surface area contributed by atoms with Crippen LogP contribution in [0.1, 0.15) is 31.4 Å². The molecule has 0 saturated carbocycles. The summed E-state index contributed by atoms with van der Waals surface area (Å²) in [6, 6.07) is 12.8. The van der Waals surface area contributed by atoms with Crippen molar-refractivity contribution in [3.63, 3.8) is 0 Å². The molecule has 0 radical (unpaired) electrons. The lowest BCUT2D eigenvalue weighted by Gasteiger charge is -2.20. The molecule has 0 aliphatic carbocycles. The second kappa shape index (κ2) is 10.4. The minimum atomic E-state index is -0.442. The predicted octanol–water partition coefficient (Wildman–Crippen LogP) is 5.77. The van der Waals surface area contributed by atoms with E-state index >= 15 is 0 Å². The number of nitrogens with one attached hydrogen (secondary N) is 1. The number of carbonyl (C=O) groups excluding carboxylic acids is 1. The van der Waals surface area contributed by atoms with Crippen molar-refractivity contribution < 1.29 is 14.3 Å². The summed E-state index contributed by atoms with van der Waals surface area (Å²) in [7, 11) is 0. The molecule has 1 N–H and O–H groups in total. The summed E-state index contributed by atoms with van der Waals surface area (Å²) in [5.74, 6) is 1.38. The van der Waals surface area contributed by atoms with Gasteiger partial charge in [0, 0.05) is 11.4 Å². The van der Waals surface area contributed by atoms with Gasteiger partial charge < -0.3 is 9.47 Å². The molecule has 7 nitrogen and oxygen atoms in total. The first kappa shape index (κ1) is 24.0. The van der Waals surface area contributed by atoms with Gasteiger partial charge in [0.15, 0.2) is 5.84 Å². The minimum absolute atomic E-state index is 0.0271. The standard InChI is InChI=1S/C25H25ClN4O3S/c1-15(2)11-22-29-30-23(27)20(24(31)28-25(30)34-22)14-17-5-4-6-18(13-17)32-9-10-33-19-7-8-21(26)16(3)12-19/h4-8,12-15,27H,9-11H2,1-3H3/b20-14-,27-23?. The van der Waals surface area contributed by atoms with E-state index in [2.05, 4.69) is 23.9 Å². The van der Waals surface area contributed by atoms with Gasteiger partial charge in [-0.2, -0.15) is 15.1 Å². The summed E-state index contributed by atoms with van der Waals surface area (Å²) in [5.41, 5.74) is 1.88. The number of amidine groups is 2. The SMILES string of the molecule is Cc1cc(OCCOc2cccc(/C=C3/C(=N)N4N=C(CC(C)C)SC4=NC3=O)c2)ccc1Cl. The van der Waals surface area contributed by atoms with Crippen LogP contribution < -0.4 is 9.47 Å². The number of hydrogen-bond acceptors (Lipinski definition) is 6. The van der Waals surface area contributed by atoms with Gasteiger partial charge in [0.25, 0.3) is 5.91 Å². The molecule has 0 unspecified atom stereocenters. The number of aryl methyl sites for hydroxylation is 1. The molecule has 1 amide bonds. The molecular weight excluding hydrogens is 472 g/mol. The van der Waals surface area contributed by atoms with E-state index in [0.29, 0.717) is 35.1 Å². The second-order valence-corrected chi connectivity index (χ2v) is 9.74. The first-order valence-corrected chi connectivity index (χ1v) is 12.1. The zero-order chi connectivity index (χ0) is 24.2. The Kier molecular flexibility index (Phi) is 7.38. The van der Waals surface area contributed by atoms with Crippen molar-refractivity contribution in [3.05, 3.63) is 64.2 Å². The van der Waals surface area contributed by atoms with E-state index in [4.69, 9.17) is 26.5 Å². The van der Waals surface area contributed by atoms with E-state index in [1.165, 1.54) is 16.8 Å². The number of amides is 1. The molecule has 2 heterocycles. The van der Waals surface area contributed by atoms with Gasteiger partial charge in [-0.15, -0.1) is 0 Å². The lowest BCUT2D eigenvalue weighted by atomic mass is 10.1. The lowest BCUT2D eigenvalue weighted by molar-refractivity contribution is -0.114. The van der Waals surface area contributed by atoms with Crippen LogP contribution in [0.15, 0.2) is 58.1 Å². The average Bonchev–Trinajstić information content (AvgIpc) is 3.18. The summed E-state index contributed by atoms with van der Waals surface area (Å²) in [6.45, 7) is 6.85. The van der Waals surface area contributed by atoms with Gasteiger partial charge in [0.1, 0.15) is 29.8 Å². The Labute approximate surface area is 208 Å². The molecule has 0 bridgehead atoms. The van der Waals surface area contributed by atoms with Crippen LogP contribution in [0.3, 0.4) is 0 Å². The maximum Gasteiger partial charge on any atom is 0.283 e. The molecule has 0 atom stereocenters. The summed E-state index contributed by atoms with van der Waals surface area (Å²) >= 11 is 7.39. The van der Waals surface area contributed by atoms with Gasteiger partial charge in [0.05, 0.1) is 5.57 Å². The third kappa shape index (κ3) is 5.69. The van der Waals surface area contributed by atoms with E-state index < -0.39 is 5.91 Å². The Bertz CT molecular complexity index is 1220. The van der Waals surface area contributed by atoms with E-state index in [-0.39, 0.29) is 11.4 Å². The van der Waals surface area contributed by atoms with Crippen molar-refractivity contribution >= 4 is 51.4 Å². The number of halogens is 1. The first-order chi connectivity index (χ1) is 16.3. The average molecular weight is 497 g/mol. The molecule has 0 aromatic heterocycles. The third-order valence-electron chi connectivity index (χ3n) is 5.00. The Morgan fingerprint density at radius 1 is 1.15 bits per heavy atom. The van der Waals surface area contributed by atoms with Crippen LogP contribution in [-0.4, -0.2) is 40.2 Å². The van der Waals surface area contributed by atoms with Crippen molar-refractivity contribution in [2.24, 2.45) is 16.0 Å². The van der Waals surface area contributed by atoms with Crippen LogP contribution in [0.25, 0.3) is 6.08 Å². The summed E-state index contributed by atoms with van der Waals surface area (Å²) in [4.78, 5) is 16.8. The fraction of sp³-hybridized carbons (Fsp3) is 0.280. The van der Waals surface area contributed by atoms with Crippen LogP contribution >= 0.6 is 23.4 Å². The molecule has 0 spiro atoms. The molecule has 2 aromatic carbocycles. The Hall–Kier alpha value is -3.10. The first-order valence-electron chi connectivity index (χ1n) is 10.9. The highest BCUT2D eigenvalue weighted by molar-refractivity contribution is 8.26. The number of hydrogen-bond donors (Lipinski definition) is 1. The second-order valence-electron chi connectivity index (χ2n) is 8.29. The predicted molar refractivity (Wildman–Crippen MR) is 138 cm³/mol. The number of rotatable bonds is 8. The largest absolute Gasteiger partial charge is 0.490 e. The van der Waals surface area contributed by atoms with Crippen LogP contribution in [0.4, 0.5) is 0 Å². The molecular formula is C25H25ClN4O3S. The number of nitrogens with zero attached hydrogens (tertiary/aromatic N) is 3. The number of thioether (sulfide) groups is 1. The van der Waals surface area contributed by atoms with E-state index in [1.807, 2.05) is 43.3 Å². The van der Waals surface area contributed by atoms with Crippen LogP contribution in [0.2, 0.25) is 5.02 Å². The molecule has 2 aromatic rings. The van der Waals surface area contributed by atoms with Crippen molar-refractivity contribution in [3.8, 4) is 11.5 Å². The molecule has 34 heavy (non-hydrogen) atoms. The molecule has 0 fully saturated rings. The molecule has 4 rings (SSSR count). The fourth-order valence-electron chi connectivity index (χ4n) is 3.35. The highest BCUT2D eigenvalue weighted by Gasteiger charge is 2.35. The van der Waals surface area contributed by atoms with Crippen molar-refractivity contribution in [1.82, 2.24) is 5.01 Å². The van der Waals surface area contributed by atoms with Gasteiger partial charge in [0.2, 0.25) is 5.17 Å². The molecule has 9 heteroatoms. The maximum atomic E-state index is 12.6. The number of carbonyl (C=O) groups is 1. The summed E-state index contributed by atoms with van der Waals surface area (Å²) in [6.07, 6.45) is 2.42. The van der Waals surface area contributed by atoms with Crippen molar-refractivity contribution in [1.29, 1.82) is 5.41 Å². The van der Waals surface area contributed by atoms with E-state index in [0.717, 1.165) is 28.3 Å². The van der Waals surface area contributed by atoms with Crippen LogP contribution in [0.5, 0.6) is 11.5 Å². The van der Waals surface area contributed by atoms with Gasteiger partial charge in [-0.25, -0.2) is 0 Å². The Morgan fingerprint density at radius 3 is 2.59 bits per heavy atom. The van der Waals surface area contributed by atoms with E-state index in [1.54, 1.807) is 12.1 Å². The zero-order valence-corrected chi connectivity index (χ0v) is 20.7. The minimum Gasteiger partial charge on any atom is -0.490 e. The molecule has 2 aliphatic heterocycles. The Morgan fingerprint density at radius 2 is 1.88 bits per heavy atom. The van der Waals surface area contributed by atoms with Gasteiger partial charge in [-0.1, -0.05) is 37.6 Å². The summed E-state index contributed by atoms with van der Waals surface area (Å²) in [5, 5.41) is 16.4. The number of hydrazone groups is 1. The summed E-state index contributed by atoms with van der Waals surface area (Å²) < 4.78 is 11.5. The van der Waals surface area contributed by atoms with Gasteiger partial charge >= 0.3 is 0 Å². The van der Waals surface area contributed by atoms with Crippen LogP contribution in [-0.2, 0) is 4.79 Å². The molecule has 0 saturated heterocycles. The smallest absolute Gasteiger partial charge is 0.283 e. The zero-order valence-electron chi connectivity index (χ0n) is 19.2. The number of fused-ring (bicyclic) bond motifs is 1. The van der Waals surface area contributed by atoms with Gasteiger partial charge in [-0.05, 0) is 72.1 Å². The maximum absolute atomic E-state index is 12.6.